The van der Waals surface area contributed by atoms with Gasteiger partial charge in [-0.05, 0) is 50.4 Å². The van der Waals surface area contributed by atoms with Gasteiger partial charge in [-0.3, -0.25) is 9.52 Å². The fourth-order valence-electron chi connectivity index (χ4n) is 3.59. The number of anilines is 1. The van der Waals surface area contributed by atoms with Crippen LogP contribution in [0.25, 0.3) is 0 Å². The van der Waals surface area contributed by atoms with Gasteiger partial charge in [0.05, 0.1) is 28.8 Å². The smallest absolute Gasteiger partial charge is 0.262 e. The van der Waals surface area contributed by atoms with Crippen LogP contribution in [-0.4, -0.2) is 63.2 Å². The number of amides is 1. The molecule has 32 heavy (non-hydrogen) atoms. The molecule has 3 N–H and O–H groups in total. The molecule has 3 rings (SSSR count). The van der Waals surface area contributed by atoms with E-state index in [9.17, 15) is 22.7 Å². The van der Waals surface area contributed by atoms with E-state index in [1.165, 1.54) is 6.07 Å². The average molecular weight is 466 g/mol. The highest BCUT2D eigenvalue weighted by Gasteiger charge is 2.34. The molecule has 2 aromatic rings. The SMILES string of the molecule is CNC[C@H]1Oc2c(NS(=O)(=O)c3ccc(F)cc3)cccc2C(=O)N([C@H](C)CO)C[C@@H]1C. The number of fused-ring (bicyclic) bond motifs is 1. The molecule has 0 aliphatic carbocycles. The van der Waals surface area contributed by atoms with E-state index in [4.69, 9.17) is 4.74 Å². The minimum Gasteiger partial charge on any atom is -0.486 e. The molecule has 0 saturated heterocycles. The van der Waals surface area contributed by atoms with Crippen LogP contribution in [0.15, 0.2) is 47.4 Å². The van der Waals surface area contributed by atoms with Crippen LogP contribution < -0.4 is 14.8 Å². The molecule has 1 amide bonds. The van der Waals surface area contributed by atoms with Crippen molar-refractivity contribution in [2.45, 2.75) is 30.9 Å². The summed E-state index contributed by atoms with van der Waals surface area (Å²) in [4.78, 5) is 14.8. The predicted octanol–water partition coefficient (Wildman–Crippen LogP) is 2.07. The quantitative estimate of drug-likeness (QED) is 0.578. The maximum atomic E-state index is 13.3. The maximum Gasteiger partial charge on any atom is 0.262 e. The fraction of sp³-hybridized carbons (Fsp3) is 0.409. The average Bonchev–Trinajstić information content (AvgIpc) is 2.76. The van der Waals surface area contributed by atoms with Crippen molar-refractivity contribution in [3.8, 4) is 5.75 Å². The van der Waals surface area contributed by atoms with Gasteiger partial charge in [0.1, 0.15) is 11.9 Å². The highest BCUT2D eigenvalue weighted by atomic mass is 32.2. The molecular formula is C22H28FN3O5S. The van der Waals surface area contributed by atoms with Gasteiger partial charge in [-0.15, -0.1) is 0 Å². The second kappa shape index (κ2) is 9.85. The molecule has 0 unspecified atom stereocenters. The number of para-hydroxylation sites is 1. The zero-order chi connectivity index (χ0) is 23.5. The third-order valence-corrected chi connectivity index (χ3v) is 6.85. The number of nitrogens with zero attached hydrogens (tertiary/aromatic N) is 1. The number of benzene rings is 2. The van der Waals surface area contributed by atoms with Gasteiger partial charge < -0.3 is 20.1 Å². The molecule has 10 heteroatoms. The number of sulfonamides is 1. The van der Waals surface area contributed by atoms with Crippen molar-refractivity contribution >= 4 is 21.6 Å². The van der Waals surface area contributed by atoms with Gasteiger partial charge in [0.25, 0.3) is 15.9 Å². The fourth-order valence-corrected chi connectivity index (χ4v) is 4.65. The second-order valence-corrected chi connectivity index (χ2v) is 9.60. The Bertz CT molecular complexity index is 1060. The number of hydrogen-bond acceptors (Lipinski definition) is 6. The molecule has 0 spiro atoms. The number of hydrogen-bond donors (Lipinski definition) is 3. The summed E-state index contributed by atoms with van der Waals surface area (Å²) in [5.41, 5.74) is 0.296. The number of likely N-dealkylation sites (N-methyl/N-ethyl adjacent to an activating group) is 1. The van der Waals surface area contributed by atoms with Crippen LogP contribution in [0.4, 0.5) is 10.1 Å². The summed E-state index contributed by atoms with van der Waals surface area (Å²) in [6.45, 7) is 4.32. The van der Waals surface area contributed by atoms with E-state index in [-0.39, 0.29) is 46.4 Å². The highest BCUT2D eigenvalue weighted by Crippen LogP contribution is 2.35. The Kier molecular flexibility index (Phi) is 7.37. The number of aliphatic hydroxyl groups excluding tert-OH is 1. The van der Waals surface area contributed by atoms with Crippen molar-refractivity contribution in [3.63, 3.8) is 0 Å². The Labute approximate surface area is 187 Å². The maximum absolute atomic E-state index is 13.3. The van der Waals surface area contributed by atoms with Crippen LogP contribution in [0.5, 0.6) is 5.75 Å². The van der Waals surface area contributed by atoms with Gasteiger partial charge in [0, 0.05) is 19.0 Å². The number of halogens is 1. The first-order valence-electron chi connectivity index (χ1n) is 10.3. The predicted molar refractivity (Wildman–Crippen MR) is 119 cm³/mol. The largest absolute Gasteiger partial charge is 0.486 e. The monoisotopic (exact) mass is 465 g/mol. The number of carbonyl (C=O) groups excluding carboxylic acids is 1. The van der Waals surface area contributed by atoms with Crippen LogP contribution in [0, 0.1) is 11.7 Å². The second-order valence-electron chi connectivity index (χ2n) is 7.92. The summed E-state index contributed by atoms with van der Waals surface area (Å²) in [5.74, 6) is -0.899. The molecule has 0 saturated carbocycles. The van der Waals surface area contributed by atoms with Crippen molar-refractivity contribution in [3.05, 3.63) is 53.8 Å². The number of rotatable bonds is 7. The molecule has 0 bridgehead atoms. The first-order chi connectivity index (χ1) is 15.2. The molecular weight excluding hydrogens is 437 g/mol. The lowest BCUT2D eigenvalue weighted by Crippen LogP contribution is -2.49. The third-order valence-electron chi connectivity index (χ3n) is 5.46. The Hall–Kier alpha value is -2.69. The Morgan fingerprint density at radius 2 is 1.94 bits per heavy atom. The van der Waals surface area contributed by atoms with E-state index >= 15 is 0 Å². The molecule has 0 aromatic heterocycles. The number of ether oxygens (including phenoxy) is 1. The van der Waals surface area contributed by atoms with E-state index in [0.29, 0.717) is 13.1 Å². The van der Waals surface area contributed by atoms with Crippen LogP contribution in [0.1, 0.15) is 24.2 Å². The van der Waals surface area contributed by atoms with Gasteiger partial charge in [-0.2, -0.15) is 0 Å². The number of aliphatic hydroxyl groups is 1. The molecule has 1 heterocycles. The molecule has 1 aliphatic heterocycles. The van der Waals surface area contributed by atoms with Crippen molar-refractivity contribution in [1.29, 1.82) is 0 Å². The van der Waals surface area contributed by atoms with Crippen molar-refractivity contribution in [2.24, 2.45) is 5.92 Å². The lowest BCUT2D eigenvalue weighted by atomic mass is 9.99. The zero-order valence-corrected chi connectivity index (χ0v) is 19.0. The van der Waals surface area contributed by atoms with Crippen LogP contribution in [-0.2, 0) is 10.0 Å². The van der Waals surface area contributed by atoms with Crippen LogP contribution in [0.2, 0.25) is 0 Å². The summed E-state index contributed by atoms with van der Waals surface area (Å²) in [7, 11) is -2.28. The van der Waals surface area contributed by atoms with Gasteiger partial charge in [0.15, 0.2) is 5.75 Å². The summed E-state index contributed by atoms with van der Waals surface area (Å²) in [5, 5.41) is 12.7. The lowest BCUT2D eigenvalue weighted by molar-refractivity contribution is 0.0417. The molecule has 1 aliphatic rings. The number of carbonyl (C=O) groups is 1. The summed E-state index contributed by atoms with van der Waals surface area (Å²) in [6.07, 6.45) is -0.364. The van der Waals surface area contributed by atoms with Gasteiger partial charge >= 0.3 is 0 Å². The standard InChI is InChI=1S/C22H28FN3O5S/c1-14-12-26(15(2)13-27)22(28)18-5-4-6-19(21(18)31-20(14)11-24-3)25-32(29,30)17-9-7-16(23)8-10-17/h4-10,14-15,20,24-25,27H,11-13H2,1-3H3/t14-,15+,20+/m0/s1. The minimum atomic E-state index is -4.06. The first-order valence-corrected chi connectivity index (χ1v) is 11.8. The summed E-state index contributed by atoms with van der Waals surface area (Å²) in [6, 6.07) is 8.65. The molecule has 2 aromatic carbocycles. The Morgan fingerprint density at radius 1 is 1.25 bits per heavy atom. The van der Waals surface area contributed by atoms with E-state index in [1.807, 2.05) is 6.92 Å². The van der Waals surface area contributed by atoms with Crippen molar-refractivity contribution < 1.29 is 27.4 Å². The van der Waals surface area contributed by atoms with Gasteiger partial charge in [-0.1, -0.05) is 13.0 Å². The first kappa shape index (κ1) is 24.0. The van der Waals surface area contributed by atoms with Gasteiger partial charge in [0.2, 0.25) is 0 Å². The van der Waals surface area contributed by atoms with E-state index in [2.05, 4.69) is 10.0 Å². The van der Waals surface area contributed by atoms with Crippen LogP contribution >= 0.6 is 0 Å². The van der Waals surface area contributed by atoms with Gasteiger partial charge in [-0.25, -0.2) is 12.8 Å². The molecule has 0 fully saturated rings. The summed E-state index contributed by atoms with van der Waals surface area (Å²) < 4.78 is 47.7. The van der Waals surface area contributed by atoms with Crippen molar-refractivity contribution in [2.75, 3.05) is 31.5 Å². The van der Waals surface area contributed by atoms with E-state index in [0.717, 1.165) is 24.3 Å². The zero-order valence-electron chi connectivity index (χ0n) is 18.2. The van der Waals surface area contributed by atoms with Crippen molar-refractivity contribution in [1.82, 2.24) is 10.2 Å². The number of nitrogens with one attached hydrogen (secondary N) is 2. The topological polar surface area (TPSA) is 108 Å². The normalized spacial score (nSPS) is 20.0. The minimum absolute atomic E-state index is 0.102. The molecule has 8 nitrogen and oxygen atoms in total. The van der Waals surface area contributed by atoms with E-state index < -0.39 is 21.9 Å². The lowest BCUT2D eigenvalue weighted by Gasteiger charge is -2.37. The Morgan fingerprint density at radius 3 is 2.56 bits per heavy atom. The van der Waals surface area contributed by atoms with E-state index in [1.54, 1.807) is 31.0 Å². The molecule has 3 atom stereocenters. The molecule has 0 radical (unpaired) electrons. The summed E-state index contributed by atoms with van der Waals surface area (Å²) >= 11 is 0. The third kappa shape index (κ3) is 5.03. The highest BCUT2D eigenvalue weighted by molar-refractivity contribution is 7.92. The Balaban J connectivity index is 2.08. The molecule has 174 valence electrons. The van der Waals surface area contributed by atoms with Crippen LogP contribution in [0.3, 0.4) is 0 Å².